The van der Waals surface area contributed by atoms with Gasteiger partial charge < -0.3 is 4.74 Å². The zero-order chi connectivity index (χ0) is 15.9. The van der Waals surface area contributed by atoms with Gasteiger partial charge in [-0.3, -0.25) is 4.79 Å². The van der Waals surface area contributed by atoms with Crippen LogP contribution in [0.5, 0.6) is 5.75 Å². The normalized spacial score (nSPS) is 10.5. The molecule has 1 N–H and O–H groups in total. The number of ether oxygens (including phenoxy) is 1. The number of amides is 1. The number of hydrazone groups is 1. The van der Waals surface area contributed by atoms with E-state index in [1.165, 1.54) is 13.1 Å². The van der Waals surface area contributed by atoms with Crippen LogP contribution in [0.3, 0.4) is 0 Å². The number of halogens is 1. The van der Waals surface area contributed by atoms with Crippen LogP contribution in [0, 0.1) is 0 Å². The lowest BCUT2D eigenvalue weighted by Crippen LogP contribution is -2.12. The van der Waals surface area contributed by atoms with Crippen LogP contribution in [0.4, 0.5) is 0 Å². The lowest BCUT2D eigenvalue weighted by atomic mass is 10.2. The van der Waals surface area contributed by atoms with Crippen molar-refractivity contribution in [3.05, 3.63) is 64.1 Å². The molecule has 0 unspecified atom stereocenters. The minimum absolute atomic E-state index is 0.240. The Morgan fingerprint density at radius 1 is 1.09 bits per heavy atom. The van der Waals surface area contributed by atoms with Crippen LogP contribution < -0.4 is 10.2 Å². The number of carbonyl (C=O) groups excluding carboxylic acids is 2. The van der Waals surface area contributed by atoms with E-state index < -0.39 is 5.97 Å². The van der Waals surface area contributed by atoms with Crippen molar-refractivity contribution in [1.82, 2.24) is 5.43 Å². The van der Waals surface area contributed by atoms with E-state index in [1.54, 1.807) is 48.5 Å². The molecule has 0 heterocycles. The van der Waals surface area contributed by atoms with Gasteiger partial charge in [-0.1, -0.05) is 15.9 Å². The minimum atomic E-state index is -0.424. The highest BCUT2D eigenvalue weighted by Crippen LogP contribution is 2.15. The number of hydrogen-bond donors (Lipinski definition) is 1. The molecule has 2 rings (SSSR count). The summed E-state index contributed by atoms with van der Waals surface area (Å²) in [5, 5.41) is 3.75. The van der Waals surface area contributed by atoms with Crippen molar-refractivity contribution < 1.29 is 14.3 Å². The number of carbonyl (C=O) groups is 2. The molecule has 2 aromatic carbocycles. The van der Waals surface area contributed by atoms with Crippen molar-refractivity contribution >= 4 is 34.0 Å². The average molecular weight is 361 g/mol. The summed E-state index contributed by atoms with van der Waals surface area (Å²) < 4.78 is 6.16. The number of rotatable bonds is 4. The third kappa shape index (κ3) is 4.82. The van der Waals surface area contributed by atoms with Crippen molar-refractivity contribution in [3.8, 4) is 5.75 Å². The molecule has 112 valence electrons. The lowest BCUT2D eigenvalue weighted by Gasteiger charge is -2.04. The summed E-state index contributed by atoms with van der Waals surface area (Å²) in [5.74, 6) is -0.229. The molecular formula is C16H13BrN2O3. The maximum absolute atomic E-state index is 11.9. The topological polar surface area (TPSA) is 67.8 Å². The Balaban J connectivity index is 1.98. The van der Waals surface area contributed by atoms with Gasteiger partial charge in [-0.05, 0) is 54.1 Å². The van der Waals surface area contributed by atoms with Crippen LogP contribution in [0.2, 0.25) is 0 Å². The molecule has 0 spiro atoms. The second-order valence-electron chi connectivity index (χ2n) is 4.39. The molecule has 2 aromatic rings. The van der Waals surface area contributed by atoms with E-state index in [-0.39, 0.29) is 5.91 Å². The number of benzene rings is 2. The molecule has 0 aliphatic heterocycles. The fraction of sp³-hybridized carbons (Fsp3) is 0.0625. The van der Waals surface area contributed by atoms with Crippen molar-refractivity contribution in [2.45, 2.75) is 6.92 Å². The summed E-state index contributed by atoms with van der Waals surface area (Å²) >= 11 is 3.31. The molecule has 0 aliphatic rings. The van der Waals surface area contributed by atoms with Gasteiger partial charge in [0.2, 0.25) is 5.91 Å². The van der Waals surface area contributed by atoms with Gasteiger partial charge in [-0.25, -0.2) is 10.2 Å². The Morgan fingerprint density at radius 3 is 2.32 bits per heavy atom. The number of esters is 1. The maximum Gasteiger partial charge on any atom is 0.343 e. The van der Waals surface area contributed by atoms with Gasteiger partial charge in [-0.15, -0.1) is 0 Å². The zero-order valence-corrected chi connectivity index (χ0v) is 13.3. The summed E-state index contributed by atoms with van der Waals surface area (Å²) in [7, 11) is 0. The predicted octanol–water partition coefficient (Wildman–Crippen LogP) is 3.14. The smallest absolute Gasteiger partial charge is 0.343 e. The molecule has 0 saturated heterocycles. The molecule has 1 amide bonds. The molecule has 0 aromatic heterocycles. The molecule has 0 saturated carbocycles. The van der Waals surface area contributed by atoms with Crippen molar-refractivity contribution in [1.29, 1.82) is 0 Å². The molecule has 0 atom stereocenters. The van der Waals surface area contributed by atoms with Crippen LogP contribution in [0.25, 0.3) is 0 Å². The monoisotopic (exact) mass is 360 g/mol. The van der Waals surface area contributed by atoms with E-state index in [0.29, 0.717) is 11.3 Å². The minimum Gasteiger partial charge on any atom is -0.423 e. The highest BCUT2D eigenvalue weighted by molar-refractivity contribution is 9.10. The summed E-state index contributed by atoms with van der Waals surface area (Å²) in [6.45, 7) is 1.38. The first-order valence-electron chi connectivity index (χ1n) is 6.42. The first kappa shape index (κ1) is 15.9. The summed E-state index contributed by atoms with van der Waals surface area (Å²) in [5.41, 5.74) is 3.56. The molecule has 0 fully saturated rings. The van der Waals surface area contributed by atoms with Crippen LogP contribution >= 0.6 is 15.9 Å². The van der Waals surface area contributed by atoms with Crippen LogP contribution in [0.15, 0.2) is 58.1 Å². The molecular weight excluding hydrogens is 348 g/mol. The molecule has 6 heteroatoms. The van der Waals surface area contributed by atoms with Crippen molar-refractivity contribution in [3.63, 3.8) is 0 Å². The number of nitrogens with zero attached hydrogens (tertiary/aromatic N) is 1. The second kappa shape index (κ2) is 7.51. The third-order valence-electron chi connectivity index (χ3n) is 2.61. The summed E-state index contributed by atoms with van der Waals surface area (Å²) in [6, 6.07) is 13.7. The van der Waals surface area contributed by atoms with Crippen LogP contribution in [0.1, 0.15) is 22.8 Å². The maximum atomic E-state index is 11.9. The van der Waals surface area contributed by atoms with Crippen molar-refractivity contribution in [2.24, 2.45) is 5.10 Å². The Labute approximate surface area is 136 Å². The number of hydrogen-bond acceptors (Lipinski definition) is 4. The Morgan fingerprint density at radius 2 is 1.73 bits per heavy atom. The fourth-order valence-corrected chi connectivity index (χ4v) is 1.84. The van der Waals surface area contributed by atoms with Crippen LogP contribution in [-0.2, 0) is 4.79 Å². The lowest BCUT2D eigenvalue weighted by molar-refractivity contribution is -0.118. The summed E-state index contributed by atoms with van der Waals surface area (Å²) in [6.07, 6.45) is 1.50. The first-order valence-corrected chi connectivity index (χ1v) is 7.21. The third-order valence-corrected chi connectivity index (χ3v) is 3.13. The Bertz CT molecular complexity index is 694. The van der Waals surface area contributed by atoms with E-state index in [0.717, 1.165) is 10.0 Å². The largest absolute Gasteiger partial charge is 0.423 e. The zero-order valence-electron chi connectivity index (χ0n) is 11.7. The molecule has 0 bridgehead atoms. The molecule has 5 nitrogen and oxygen atoms in total. The van der Waals surface area contributed by atoms with Gasteiger partial charge in [0.05, 0.1) is 11.8 Å². The average Bonchev–Trinajstić information content (AvgIpc) is 2.49. The van der Waals surface area contributed by atoms with Crippen LogP contribution in [-0.4, -0.2) is 18.1 Å². The van der Waals surface area contributed by atoms with Crippen molar-refractivity contribution in [2.75, 3.05) is 0 Å². The van der Waals surface area contributed by atoms with E-state index in [1.807, 2.05) is 0 Å². The van der Waals surface area contributed by atoms with E-state index in [4.69, 9.17) is 4.74 Å². The first-order chi connectivity index (χ1) is 10.5. The highest BCUT2D eigenvalue weighted by Gasteiger charge is 2.08. The van der Waals surface area contributed by atoms with E-state index >= 15 is 0 Å². The quantitative estimate of drug-likeness (QED) is 0.394. The molecule has 0 radical (unpaired) electrons. The van der Waals surface area contributed by atoms with E-state index in [2.05, 4.69) is 26.5 Å². The number of nitrogens with one attached hydrogen (secondary N) is 1. The SMILES string of the molecule is CC(=O)N/N=C\c1ccc(OC(=O)c2ccc(Br)cc2)cc1. The standard InChI is InChI=1S/C16H13BrN2O3/c1-11(20)19-18-10-12-2-8-15(9-3-12)22-16(21)13-4-6-14(17)7-5-13/h2-10H,1H3,(H,19,20)/b18-10-. The summed E-state index contributed by atoms with van der Waals surface area (Å²) in [4.78, 5) is 22.6. The van der Waals surface area contributed by atoms with Gasteiger partial charge in [0, 0.05) is 11.4 Å². The predicted molar refractivity (Wildman–Crippen MR) is 87.0 cm³/mol. The Kier molecular flexibility index (Phi) is 5.43. The molecule has 0 aliphatic carbocycles. The van der Waals surface area contributed by atoms with Gasteiger partial charge >= 0.3 is 5.97 Å². The van der Waals surface area contributed by atoms with Gasteiger partial charge in [-0.2, -0.15) is 5.10 Å². The Hall–Kier alpha value is -2.47. The highest BCUT2D eigenvalue weighted by atomic mass is 79.9. The molecule has 22 heavy (non-hydrogen) atoms. The van der Waals surface area contributed by atoms with Gasteiger partial charge in [0.15, 0.2) is 0 Å². The fourth-order valence-electron chi connectivity index (χ4n) is 1.57. The second-order valence-corrected chi connectivity index (χ2v) is 5.31. The van der Waals surface area contributed by atoms with Gasteiger partial charge in [0.25, 0.3) is 0 Å². The van der Waals surface area contributed by atoms with E-state index in [9.17, 15) is 9.59 Å². The van der Waals surface area contributed by atoms with Gasteiger partial charge in [0.1, 0.15) is 5.75 Å².